The molecule has 1 aliphatic carbocycles. The first-order chi connectivity index (χ1) is 8.41. The monoisotopic (exact) mass is 258 g/mol. The van der Waals surface area contributed by atoms with Crippen LogP contribution in [0, 0.1) is 5.92 Å². The van der Waals surface area contributed by atoms with Crippen LogP contribution in [0.5, 0.6) is 0 Å². The van der Waals surface area contributed by atoms with Gasteiger partial charge in [0.1, 0.15) is 0 Å². The van der Waals surface area contributed by atoms with E-state index in [0.29, 0.717) is 12.8 Å². The minimum Gasteiger partial charge on any atom is -0.327 e. The van der Waals surface area contributed by atoms with Gasteiger partial charge in [0.25, 0.3) is 0 Å². The predicted molar refractivity (Wildman–Crippen MR) is 58.9 cm³/mol. The molecule has 0 spiro atoms. The Labute approximate surface area is 102 Å². The molecule has 1 aromatic rings. The maximum Gasteiger partial charge on any atom is 0.417 e. The first-order valence-corrected chi connectivity index (χ1v) is 5.72. The van der Waals surface area contributed by atoms with Gasteiger partial charge >= 0.3 is 6.18 Å². The van der Waals surface area contributed by atoms with Crippen molar-refractivity contribution in [3.63, 3.8) is 0 Å². The lowest BCUT2D eigenvalue weighted by Crippen LogP contribution is -2.31. The molecule has 0 saturated heterocycles. The number of aromatic nitrogens is 1. The second-order valence-electron chi connectivity index (χ2n) is 4.48. The summed E-state index contributed by atoms with van der Waals surface area (Å²) in [7, 11) is 0. The van der Waals surface area contributed by atoms with Crippen LogP contribution in [0.2, 0.25) is 0 Å². The molecular formula is C12H13F3N2O. The van der Waals surface area contributed by atoms with Gasteiger partial charge in [0.05, 0.1) is 5.56 Å². The molecule has 0 aromatic carbocycles. The normalized spacial score (nSPS) is 24.2. The van der Waals surface area contributed by atoms with E-state index in [0.717, 1.165) is 24.9 Å². The highest BCUT2D eigenvalue weighted by molar-refractivity contribution is 5.99. The van der Waals surface area contributed by atoms with Crippen LogP contribution in [0.15, 0.2) is 18.5 Å². The van der Waals surface area contributed by atoms with E-state index < -0.39 is 23.4 Å². The number of Topliss-reactive ketones (excluding diaryl/α,β-unsaturated/α-hetero) is 1. The van der Waals surface area contributed by atoms with Crippen molar-refractivity contribution in [2.75, 3.05) is 0 Å². The standard InChI is InChI=1S/C12H13F3N2O/c13-12(14,15)9-4-5-17-6-8(9)11(18)7-2-1-3-10(7)16/h4-7,10H,1-3,16H2. The van der Waals surface area contributed by atoms with Crippen LogP contribution in [-0.4, -0.2) is 16.8 Å². The molecule has 18 heavy (non-hydrogen) atoms. The van der Waals surface area contributed by atoms with E-state index in [1.807, 2.05) is 0 Å². The summed E-state index contributed by atoms with van der Waals surface area (Å²) in [4.78, 5) is 15.7. The second-order valence-corrected chi connectivity index (χ2v) is 4.48. The zero-order valence-electron chi connectivity index (χ0n) is 9.57. The van der Waals surface area contributed by atoms with Gasteiger partial charge in [-0.15, -0.1) is 0 Å². The summed E-state index contributed by atoms with van der Waals surface area (Å²) in [5.74, 6) is -1.06. The third kappa shape index (κ3) is 2.38. The zero-order valence-corrected chi connectivity index (χ0v) is 9.57. The van der Waals surface area contributed by atoms with Crippen LogP contribution in [0.25, 0.3) is 0 Å². The predicted octanol–water partition coefficient (Wildman–Crippen LogP) is 2.41. The molecular weight excluding hydrogens is 245 g/mol. The van der Waals surface area contributed by atoms with E-state index in [1.54, 1.807) is 0 Å². The molecule has 2 rings (SSSR count). The van der Waals surface area contributed by atoms with Gasteiger partial charge in [-0.25, -0.2) is 0 Å². The third-order valence-electron chi connectivity index (χ3n) is 3.30. The van der Waals surface area contributed by atoms with Gasteiger partial charge in [-0.2, -0.15) is 13.2 Å². The molecule has 0 radical (unpaired) electrons. The van der Waals surface area contributed by atoms with E-state index in [1.165, 1.54) is 0 Å². The first kappa shape index (κ1) is 13.0. The number of halogens is 3. The van der Waals surface area contributed by atoms with Gasteiger partial charge in [-0.3, -0.25) is 9.78 Å². The van der Waals surface area contributed by atoms with Crippen LogP contribution in [-0.2, 0) is 6.18 Å². The number of hydrogen-bond donors (Lipinski definition) is 1. The highest BCUT2D eigenvalue weighted by atomic mass is 19.4. The lowest BCUT2D eigenvalue weighted by molar-refractivity contribution is -0.138. The largest absolute Gasteiger partial charge is 0.417 e. The highest BCUT2D eigenvalue weighted by Gasteiger charge is 2.38. The molecule has 1 heterocycles. The molecule has 98 valence electrons. The minimum atomic E-state index is -4.55. The highest BCUT2D eigenvalue weighted by Crippen LogP contribution is 2.34. The van der Waals surface area contributed by atoms with Crippen molar-refractivity contribution >= 4 is 5.78 Å². The molecule has 1 saturated carbocycles. The molecule has 3 nitrogen and oxygen atoms in total. The third-order valence-corrected chi connectivity index (χ3v) is 3.30. The van der Waals surface area contributed by atoms with Crippen LogP contribution in [0.3, 0.4) is 0 Å². The summed E-state index contributed by atoms with van der Waals surface area (Å²) in [5.41, 5.74) is 4.46. The fourth-order valence-electron chi connectivity index (χ4n) is 2.35. The molecule has 0 amide bonds. The van der Waals surface area contributed by atoms with E-state index >= 15 is 0 Å². The van der Waals surface area contributed by atoms with Crippen molar-refractivity contribution in [1.82, 2.24) is 4.98 Å². The summed E-state index contributed by atoms with van der Waals surface area (Å²) in [6, 6.07) is 0.479. The number of pyridine rings is 1. The lowest BCUT2D eigenvalue weighted by atomic mass is 9.92. The van der Waals surface area contributed by atoms with Gasteiger partial charge in [0.15, 0.2) is 5.78 Å². The first-order valence-electron chi connectivity index (χ1n) is 5.72. The number of hydrogen-bond acceptors (Lipinski definition) is 3. The topological polar surface area (TPSA) is 56.0 Å². The van der Waals surface area contributed by atoms with Crippen LogP contribution < -0.4 is 5.73 Å². The number of nitrogens with zero attached hydrogens (tertiary/aromatic N) is 1. The summed E-state index contributed by atoms with van der Waals surface area (Å²) >= 11 is 0. The number of nitrogens with two attached hydrogens (primary N) is 1. The summed E-state index contributed by atoms with van der Waals surface area (Å²) in [6.07, 6.45) is -0.523. The molecule has 6 heteroatoms. The molecule has 1 aliphatic rings. The zero-order chi connectivity index (χ0) is 13.3. The Balaban J connectivity index is 2.36. The van der Waals surface area contributed by atoms with Crippen molar-refractivity contribution in [2.24, 2.45) is 11.7 Å². The summed E-state index contributed by atoms with van der Waals surface area (Å²) in [6.45, 7) is 0. The Morgan fingerprint density at radius 1 is 1.39 bits per heavy atom. The maximum atomic E-state index is 12.8. The fourth-order valence-corrected chi connectivity index (χ4v) is 2.35. The van der Waals surface area contributed by atoms with E-state index in [4.69, 9.17) is 5.73 Å². The van der Waals surface area contributed by atoms with Crippen molar-refractivity contribution in [3.05, 3.63) is 29.6 Å². The van der Waals surface area contributed by atoms with Gasteiger partial charge in [0, 0.05) is 29.9 Å². The lowest BCUT2D eigenvalue weighted by Gasteiger charge is -2.17. The molecule has 1 fully saturated rings. The van der Waals surface area contributed by atoms with Crippen LogP contribution >= 0.6 is 0 Å². The average Bonchev–Trinajstić information content (AvgIpc) is 2.73. The molecule has 0 aliphatic heterocycles. The van der Waals surface area contributed by atoms with Gasteiger partial charge in [-0.05, 0) is 18.9 Å². The molecule has 2 atom stereocenters. The van der Waals surface area contributed by atoms with E-state index in [9.17, 15) is 18.0 Å². The van der Waals surface area contributed by atoms with Crippen LogP contribution in [0.1, 0.15) is 35.2 Å². The fraction of sp³-hybridized carbons (Fsp3) is 0.500. The van der Waals surface area contributed by atoms with Crippen molar-refractivity contribution in [2.45, 2.75) is 31.5 Å². The van der Waals surface area contributed by atoms with E-state index in [-0.39, 0.29) is 11.6 Å². The van der Waals surface area contributed by atoms with Gasteiger partial charge in [-0.1, -0.05) is 6.42 Å². The van der Waals surface area contributed by atoms with Gasteiger partial charge in [0.2, 0.25) is 0 Å². The Hall–Kier alpha value is -1.43. The van der Waals surface area contributed by atoms with Crippen LogP contribution in [0.4, 0.5) is 13.2 Å². The minimum absolute atomic E-state index is 0.348. The number of ketones is 1. The maximum absolute atomic E-state index is 12.8. The van der Waals surface area contributed by atoms with Crippen molar-refractivity contribution in [3.8, 4) is 0 Å². The Kier molecular flexibility index (Phi) is 3.38. The van der Waals surface area contributed by atoms with Gasteiger partial charge < -0.3 is 5.73 Å². The summed E-state index contributed by atoms with van der Waals surface area (Å²) < 4.78 is 38.3. The smallest absolute Gasteiger partial charge is 0.327 e. The number of alkyl halides is 3. The van der Waals surface area contributed by atoms with Crippen molar-refractivity contribution in [1.29, 1.82) is 0 Å². The molecule has 0 bridgehead atoms. The number of rotatable bonds is 2. The second kappa shape index (κ2) is 4.68. The molecule has 2 unspecified atom stereocenters. The average molecular weight is 258 g/mol. The Bertz CT molecular complexity index is 459. The number of carbonyl (C=O) groups excluding carboxylic acids is 1. The Morgan fingerprint density at radius 2 is 2.11 bits per heavy atom. The quantitative estimate of drug-likeness (QED) is 0.829. The summed E-state index contributed by atoms with van der Waals surface area (Å²) in [5, 5.41) is 0. The Morgan fingerprint density at radius 3 is 2.67 bits per heavy atom. The van der Waals surface area contributed by atoms with Crippen molar-refractivity contribution < 1.29 is 18.0 Å². The molecule has 1 aromatic heterocycles. The number of carbonyl (C=O) groups is 1. The molecule has 2 N–H and O–H groups in total. The van der Waals surface area contributed by atoms with E-state index in [2.05, 4.69) is 4.98 Å². The SMILES string of the molecule is NC1CCCC1C(=O)c1cnccc1C(F)(F)F.